The van der Waals surface area contributed by atoms with Crippen LogP contribution in [0, 0.1) is 5.92 Å². The van der Waals surface area contributed by atoms with Crippen LogP contribution in [0.15, 0.2) is 70.6 Å². The van der Waals surface area contributed by atoms with Crippen molar-refractivity contribution in [1.29, 1.82) is 0 Å². The number of pyridine rings is 2. The van der Waals surface area contributed by atoms with Crippen molar-refractivity contribution in [2.75, 3.05) is 23.1 Å². The minimum Gasteiger partial charge on any atom is -0.338 e. The molecule has 0 unspecified atom stereocenters. The second-order valence-electron chi connectivity index (χ2n) is 9.15. The van der Waals surface area contributed by atoms with Gasteiger partial charge in [0.15, 0.2) is 0 Å². The third-order valence-electron chi connectivity index (χ3n) is 6.53. The Kier molecular flexibility index (Phi) is 6.09. The zero-order valence-electron chi connectivity index (χ0n) is 19.5. The number of carbonyl (C=O) groups excluding carboxylic acids is 2. The molecule has 4 heterocycles. The van der Waals surface area contributed by atoms with Crippen LogP contribution in [-0.4, -0.2) is 47.8 Å². The summed E-state index contributed by atoms with van der Waals surface area (Å²) in [5, 5.41) is 2.58. The fourth-order valence-corrected chi connectivity index (χ4v) is 6.04. The maximum Gasteiger partial charge on any atom is 0.275 e. The molecule has 2 aliphatic heterocycles. The minimum absolute atomic E-state index is 0.0159. The van der Waals surface area contributed by atoms with Crippen molar-refractivity contribution in [2.45, 2.75) is 30.7 Å². The molecule has 2 amide bonds. The number of fused-ring (bicyclic) bond motifs is 4. The Morgan fingerprint density at radius 2 is 1.81 bits per heavy atom. The first-order valence-corrected chi connectivity index (χ1v) is 13.0. The molecule has 2 aliphatic rings. The molecule has 1 aromatic carbocycles. The summed E-state index contributed by atoms with van der Waals surface area (Å²) in [5.74, 6) is -0.275. The van der Waals surface area contributed by atoms with Crippen LogP contribution >= 0.6 is 0 Å². The van der Waals surface area contributed by atoms with Gasteiger partial charge < -0.3 is 14.8 Å². The van der Waals surface area contributed by atoms with Crippen molar-refractivity contribution in [3.8, 4) is 0 Å². The lowest BCUT2D eigenvalue weighted by atomic mass is 9.83. The summed E-state index contributed by atoms with van der Waals surface area (Å²) >= 11 is 0. The summed E-state index contributed by atoms with van der Waals surface area (Å²) < 4.78 is 29.9. The molecule has 0 spiro atoms. The number of anilines is 2. The fraction of sp³-hybridized carbons (Fsp3) is 0.280. The van der Waals surface area contributed by atoms with E-state index in [0.29, 0.717) is 30.9 Å². The predicted octanol–water partition coefficient (Wildman–Crippen LogP) is 2.26. The van der Waals surface area contributed by atoms with Gasteiger partial charge in [-0.15, -0.1) is 0 Å². The zero-order chi connectivity index (χ0) is 25.4. The van der Waals surface area contributed by atoms with Crippen molar-refractivity contribution in [3.63, 3.8) is 0 Å². The number of aromatic nitrogens is 2. The van der Waals surface area contributed by atoms with E-state index in [1.54, 1.807) is 35.2 Å². The van der Waals surface area contributed by atoms with E-state index in [1.807, 2.05) is 4.90 Å². The first-order valence-electron chi connectivity index (χ1n) is 11.5. The van der Waals surface area contributed by atoms with Gasteiger partial charge in [0.05, 0.1) is 10.5 Å². The molecule has 0 aliphatic carbocycles. The summed E-state index contributed by atoms with van der Waals surface area (Å²) in [4.78, 5) is 43.2. The molecule has 10 nitrogen and oxygen atoms in total. The lowest BCUT2D eigenvalue weighted by Crippen LogP contribution is -2.49. The number of hydrogen-bond acceptors (Lipinski definition) is 6. The lowest BCUT2D eigenvalue weighted by Gasteiger charge is -2.42. The Labute approximate surface area is 208 Å². The van der Waals surface area contributed by atoms with E-state index in [2.05, 4.69) is 15.0 Å². The molecule has 11 heteroatoms. The molecular weight excluding hydrogens is 482 g/mol. The number of piperidine rings is 1. The smallest absolute Gasteiger partial charge is 0.275 e. The van der Waals surface area contributed by atoms with Crippen LogP contribution in [0.5, 0.6) is 0 Å². The van der Waals surface area contributed by atoms with Crippen LogP contribution in [0.25, 0.3) is 0 Å². The second-order valence-corrected chi connectivity index (χ2v) is 10.8. The Morgan fingerprint density at radius 1 is 1.03 bits per heavy atom. The molecule has 2 bridgehead atoms. The molecular formula is C25H25N5O5S. The Morgan fingerprint density at radius 3 is 2.50 bits per heavy atom. The number of amides is 2. The van der Waals surface area contributed by atoms with Crippen LogP contribution < -0.4 is 15.6 Å². The van der Waals surface area contributed by atoms with Gasteiger partial charge in [0.1, 0.15) is 5.69 Å². The Bertz CT molecular complexity index is 1490. The lowest BCUT2D eigenvalue weighted by molar-refractivity contribution is -0.114. The number of carbonyl (C=O) groups is 2. The number of sulfonamides is 1. The molecule has 2 N–H and O–H groups in total. The molecule has 0 saturated carbocycles. The molecule has 186 valence electrons. The van der Waals surface area contributed by atoms with Gasteiger partial charge in [0.2, 0.25) is 5.91 Å². The van der Waals surface area contributed by atoms with Gasteiger partial charge in [-0.2, -0.15) is 0 Å². The zero-order valence-corrected chi connectivity index (χ0v) is 20.4. The van der Waals surface area contributed by atoms with E-state index >= 15 is 0 Å². The SMILES string of the molecule is CC(=O)Nc1ccc(S(=O)(=O)Nc2ccc3n(c2=O)C[C@@H]2C[C@@H]3CN(C(=O)c3cccnc3)C2)cc1. The summed E-state index contributed by atoms with van der Waals surface area (Å²) in [6, 6.07) is 12.4. The van der Waals surface area contributed by atoms with Crippen LogP contribution in [0.3, 0.4) is 0 Å². The van der Waals surface area contributed by atoms with Crippen LogP contribution in [-0.2, 0) is 21.4 Å². The first-order chi connectivity index (χ1) is 17.2. The number of hydrogen-bond donors (Lipinski definition) is 2. The highest BCUT2D eigenvalue weighted by Gasteiger charge is 2.37. The first kappa shape index (κ1) is 23.7. The van der Waals surface area contributed by atoms with Gasteiger partial charge in [0, 0.05) is 56.3 Å². The van der Waals surface area contributed by atoms with Gasteiger partial charge in [-0.3, -0.25) is 24.1 Å². The highest BCUT2D eigenvalue weighted by atomic mass is 32.2. The van der Waals surface area contributed by atoms with Crippen molar-refractivity contribution in [3.05, 3.63) is 82.5 Å². The largest absolute Gasteiger partial charge is 0.338 e. The number of likely N-dealkylation sites (tertiary alicyclic amines) is 1. The molecule has 0 radical (unpaired) electrons. The third-order valence-corrected chi connectivity index (χ3v) is 7.91. The molecule has 1 fully saturated rings. The van der Waals surface area contributed by atoms with E-state index in [-0.39, 0.29) is 34.2 Å². The van der Waals surface area contributed by atoms with Crippen molar-refractivity contribution in [1.82, 2.24) is 14.5 Å². The van der Waals surface area contributed by atoms with E-state index < -0.39 is 15.6 Å². The highest BCUT2D eigenvalue weighted by molar-refractivity contribution is 7.92. The van der Waals surface area contributed by atoms with Crippen LogP contribution in [0.1, 0.15) is 35.3 Å². The van der Waals surface area contributed by atoms with E-state index in [4.69, 9.17) is 0 Å². The molecule has 3 aromatic rings. The second kappa shape index (κ2) is 9.23. The van der Waals surface area contributed by atoms with Crippen molar-refractivity contribution < 1.29 is 18.0 Å². The topological polar surface area (TPSA) is 130 Å². The van der Waals surface area contributed by atoms with Crippen molar-refractivity contribution in [2.24, 2.45) is 5.92 Å². The Hall–Kier alpha value is -3.99. The fourth-order valence-electron chi connectivity index (χ4n) is 4.99. The third kappa shape index (κ3) is 4.61. The predicted molar refractivity (Wildman–Crippen MR) is 133 cm³/mol. The molecule has 1 saturated heterocycles. The van der Waals surface area contributed by atoms with Gasteiger partial charge in [-0.05, 0) is 60.9 Å². The molecule has 2 aromatic heterocycles. The van der Waals surface area contributed by atoms with Crippen LogP contribution in [0.4, 0.5) is 11.4 Å². The molecule has 36 heavy (non-hydrogen) atoms. The quantitative estimate of drug-likeness (QED) is 0.545. The monoisotopic (exact) mass is 507 g/mol. The molecule has 5 rings (SSSR count). The van der Waals surface area contributed by atoms with Gasteiger partial charge in [-0.1, -0.05) is 0 Å². The summed E-state index contributed by atoms with van der Waals surface area (Å²) in [7, 11) is -4.01. The van der Waals surface area contributed by atoms with E-state index in [0.717, 1.165) is 12.1 Å². The average molecular weight is 508 g/mol. The number of benzene rings is 1. The van der Waals surface area contributed by atoms with E-state index in [9.17, 15) is 22.8 Å². The Balaban J connectivity index is 1.36. The average Bonchev–Trinajstić information content (AvgIpc) is 2.86. The molecule has 2 atom stereocenters. The summed E-state index contributed by atoms with van der Waals surface area (Å²) in [6.45, 7) is 2.77. The van der Waals surface area contributed by atoms with Gasteiger partial charge in [0.25, 0.3) is 21.5 Å². The normalized spacial score (nSPS) is 18.8. The summed E-state index contributed by atoms with van der Waals surface area (Å²) in [5.41, 5.74) is 1.35. The van der Waals surface area contributed by atoms with E-state index in [1.165, 1.54) is 37.3 Å². The standard InChI is InChI=1S/C25H25N5O5S/c1-16(31)27-20-4-6-21(7-5-20)36(34,35)28-22-8-9-23-19-11-17(14-30(23)25(22)33)13-29(15-19)24(32)18-3-2-10-26-12-18/h2-10,12,17,19,28H,11,13-15H2,1H3,(H,27,31)/t17-,19-/m1/s1. The van der Waals surface area contributed by atoms with Gasteiger partial charge in [-0.25, -0.2) is 8.42 Å². The number of nitrogens with zero attached hydrogens (tertiary/aromatic N) is 3. The minimum atomic E-state index is -4.01. The van der Waals surface area contributed by atoms with Gasteiger partial charge >= 0.3 is 0 Å². The number of rotatable bonds is 5. The van der Waals surface area contributed by atoms with Crippen molar-refractivity contribution >= 4 is 33.2 Å². The maximum absolute atomic E-state index is 13.3. The van der Waals surface area contributed by atoms with Crippen LogP contribution in [0.2, 0.25) is 0 Å². The number of nitrogens with one attached hydrogen (secondary N) is 2. The summed E-state index contributed by atoms with van der Waals surface area (Å²) in [6.07, 6.45) is 4.04. The maximum atomic E-state index is 13.3. The highest BCUT2D eigenvalue weighted by Crippen LogP contribution is 2.36.